The topological polar surface area (TPSA) is 65.9 Å². The first kappa shape index (κ1) is 22.2. The number of hydrazone groups is 1. The summed E-state index contributed by atoms with van der Waals surface area (Å²) >= 11 is 0. The minimum atomic E-state index is -4.41. The van der Waals surface area contributed by atoms with Crippen molar-refractivity contribution in [1.82, 2.24) is 9.99 Å². The first-order valence-electron chi connectivity index (χ1n) is 10.2. The van der Waals surface area contributed by atoms with Crippen molar-refractivity contribution in [1.29, 1.82) is 0 Å². The number of carbonyl (C=O) groups is 2. The second-order valence-electron chi connectivity index (χ2n) is 7.37. The summed E-state index contributed by atoms with van der Waals surface area (Å²) in [7, 11) is 0. The molecule has 0 saturated carbocycles. The number of imide groups is 1. The molecule has 0 bridgehead atoms. The van der Waals surface area contributed by atoms with Gasteiger partial charge in [-0.1, -0.05) is 31.2 Å². The van der Waals surface area contributed by atoms with Gasteiger partial charge in [-0.05, 0) is 47.0 Å². The molecule has 0 radical (unpaired) electrons. The Morgan fingerprint density at radius 2 is 1.85 bits per heavy atom. The number of amides is 3. The van der Waals surface area contributed by atoms with Gasteiger partial charge in [0.15, 0.2) is 0 Å². The molecular weight excluding hydrogens is 433 g/mol. The molecule has 3 aromatic rings. The zero-order chi connectivity index (χ0) is 23.6. The van der Waals surface area contributed by atoms with E-state index in [1.165, 1.54) is 23.4 Å². The van der Waals surface area contributed by atoms with Gasteiger partial charge in [-0.2, -0.15) is 18.3 Å². The average Bonchev–Trinajstić information content (AvgIpc) is 2.82. The Bertz CT molecular complexity index is 1210. The molecule has 0 saturated heterocycles. The fourth-order valence-corrected chi connectivity index (χ4v) is 3.49. The van der Waals surface area contributed by atoms with Crippen molar-refractivity contribution in [3.8, 4) is 11.1 Å². The van der Waals surface area contributed by atoms with Crippen LogP contribution in [0.4, 0.5) is 23.7 Å². The summed E-state index contributed by atoms with van der Waals surface area (Å²) in [6.07, 6.45) is 0.381. The summed E-state index contributed by atoms with van der Waals surface area (Å²) < 4.78 is 38.6. The van der Waals surface area contributed by atoms with Gasteiger partial charge in [0.25, 0.3) is 0 Å². The molecule has 0 spiro atoms. The van der Waals surface area contributed by atoms with E-state index in [4.69, 9.17) is 0 Å². The number of nitrogens with zero attached hydrogens (tertiary/aromatic N) is 4. The number of anilines is 1. The Balaban J connectivity index is 1.70. The molecule has 1 aliphatic rings. The summed E-state index contributed by atoms with van der Waals surface area (Å²) in [6.45, 7) is 1.76. The summed E-state index contributed by atoms with van der Waals surface area (Å²) in [5, 5.41) is 5.42. The number of carbonyl (C=O) groups excluding carboxylic acids is 2. The third-order valence-corrected chi connectivity index (χ3v) is 5.18. The molecule has 0 fully saturated rings. The van der Waals surface area contributed by atoms with Gasteiger partial charge in [0.05, 0.1) is 24.0 Å². The molecule has 0 unspecified atom stereocenters. The fraction of sp³-hybridized carbons (Fsp3) is 0.167. The van der Waals surface area contributed by atoms with E-state index in [1.54, 1.807) is 49.6 Å². The average molecular weight is 452 g/mol. The van der Waals surface area contributed by atoms with Crippen LogP contribution < -0.4 is 4.90 Å². The highest BCUT2D eigenvalue weighted by Gasteiger charge is 2.34. The van der Waals surface area contributed by atoms with Crippen LogP contribution in [0.3, 0.4) is 0 Å². The van der Waals surface area contributed by atoms with Crippen LogP contribution in [0.1, 0.15) is 30.0 Å². The Morgan fingerprint density at radius 1 is 1.12 bits per heavy atom. The SMILES string of the molecule is CCC(=O)N1C(=O)N(/N=C/c2cccnc2)Cc2cc(-c3ccc(C(F)(F)F)cc3)ccc21. The Labute approximate surface area is 188 Å². The van der Waals surface area contributed by atoms with E-state index in [0.717, 1.165) is 17.0 Å². The van der Waals surface area contributed by atoms with Gasteiger partial charge >= 0.3 is 12.2 Å². The van der Waals surface area contributed by atoms with Crippen molar-refractivity contribution in [2.75, 3.05) is 4.90 Å². The molecule has 1 aliphatic heterocycles. The molecule has 33 heavy (non-hydrogen) atoms. The van der Waals surface area contributed by atoms with E-state index in [0.29, 0.717) is 27.9 Å². The predicted octanol–water partition coefficient (Wildman–Crippen LogP) is 5.48. The standard InChI is InChI=1S/C24H19F3N4O2/c1-2-22(32)31-21-10-7-18(17-5-8-20(9-6-17)24(25,26)27)12-19(21)15-30(23(31)33)29-14-16-4-3-11-28-13-16/h3-14H,2,15H2,1H3/b29-14+. The highest BCUT2D eigenvalue weighted by atomic mass is 19.4. The van der Waals surface area contributed by atoms with Crippen molar-refractivity contribution in [2.45, 2.75) is 26.1 Å². The molecule has 1 aromatic heterocycles. The summed E-state index contributed by atoms with van der Waals surface area (Å²) in [5.74, 6) is -0.384. The van der Waals surface area contributed by atoms with Gasteiger partial charge in [0.1, 0.15) is 0 Å². The minimum Gasteiger partial charge on any atom is -0.274 e. The first-order chi connectivity index (χ1) is 15.8. The molecule has 2 heterocycles. The summed E-state index contributed by atoms with van der Waals surface area (Å²) in [4.78, 5) is 30.6. The maximum Gasteiger partial charge on any atom is 0.416 e. The van der Waals surface area contributed by atoms with Crippen molar-refractivity contribution in [3.63, 3.8) is 0 Å². The van der Waals surface area contributed by atoms with Crippen molar-refractivity contribution in [2.24, 2.45) is 5.10 Å². The summed E-state index contributed by atoms with van der Waals surface area (Å²) in [5.41, 5.74) is 2.29. The van der Waals surface area contributed by atoms with E-state index in [9.17, 15) is 22.8 Å². The third kappa shape index (κ3) is 4.62. The highest BCUT2D eigenvalue weighted by molar-refractivity contribution is 6.15. The van der Waals surface area contributed by atoms with Crippen LogP contribution in [0.25, 0.3) is 11.1 Å². The zero-order valence-corrected chi connectivity index (χ0v) is 17.6. The van der Waals surface area contributed by atoms with E-state index in [1.807, 2.05) is 0 Å². The molecule has 2 aromatic carbocycles. The number of aromatic nitrogens is 1. The third-order valence-electron chi connectivity index (χ3n) is 5.18. The van der Waals surface area contributed by atoms with E-state index in [2.05, 4.69) is 10.1 Å². The monoisotopic (exact) mass is 452 g/mol. The lowest BCUT2D eigenvalue weighted by molar-refractivity contribution is -0.137. The van der Waals surface area contributed by atoms with Crippen LogP contribution in [-0.4, -0.2) is 28.1 Å². The zero-order valence-electron chi connectivity index (χ0n) is 17.6. The molecule has 6 nitrogen and oxygen atoms in total. The molecule has 9 heteroatoms. The molecule has 0 atom stereocenters. The molecule has 0 aliphatic carbocycles. The van der Waals surface area contributed by atoms with E-state index in [-0.39, 0.29) is 18.9 Å². The van der Waals surface area contributed by atoms with Crippen LogP contribution in [0.2, 0.25) is 0 Å². The molecule has 0 N–H and O–H groups in total. The molecule has 4 rings (SSSR count). The highest BCUT2D eigenvalue weighted by Crippen LogP contribution is 2.35. The van der Waals surface area contributed by atoms with Gasteiger partial charge in [0.2, 0.25) is 5.91 Å². The van der Waals surface area contributed by atoms with Gasteiger partial charge < -0.3 is 0 Å². The second kappa shape index (κ2) is 8.85. The Morgan fingerprint density at radius 3 is 2.48 bits per heavy atom. The van der Waals surface area contributed by atoms with E-state index >= 15 is 0 Å². The van der Waals surface area contributed by atoms with Gasteiger partial charge in [-0.3, -0.25) is 9.78 Å². The van der Waals surface area contributed by atoms with Gasteiger partial charge in [0, 0.05) is 24.4 Å². The number of hydrogen-bond acceptors (Lipinski definition) is 4. The number of halogens is 3. The Hall–Kier alpha value is -4.01. The van der Waals surface area contributed by atoms with Gasteiger partial charge in [-0.25, -0.2) is 14.7 Å². The number of benzene rings is 2. The molecule has 168 valence electrons. The van der Waals surface area contributed by atoms with Crippen molar-refractivity contribution >= 4 is 23.8 Å². The maximum atomic E-state index is 13.0. The van der Waals surface area contributed by atoms with Crippen molar-refractivity contribution in [3.05, 3.63) is 83.7 Å². The predicted molar refractivity (Wildman–Crippen MR) is 117 cm³/mol. The lowest BCUT2D eigenvalue weighted by Gasteiger charge is -2.33. The van der Waals surface area contributed by atoms with E-state index < -0.39 is 17.8 Å². The largest absolute Gasteiger partial charge is 0.416 e. The minimum absolute atomic E-state index is 0.104. The number of rotatable bonds is 4. The molecule has 3 amide bonds. The maximum absolute atomic E-state index is 13.0. The number of pyridine rings is 1. The molecular formula is C24H19F3N4O2. The normalized spacial score (nSPS) is 14.0. The number of hydrogen-bond donors (Lipinski definition) is 0. The lowest BCUT2D eigenvalue weighted by Crippen LogP contribution is -2.47. The van der Waals surface area contributed by atoms with Crippen LogP contribution >= 0.6 is 0 Å². The first-order valence-corrected chi connectivity index (χ1v) is 10.2. The number of fused-ring (bicyclic) bond motifs is 1. The second-order valence-corrected chi connectivity index (χ2v) is 7.37. The Kier molecular flexibility index (Phi) is 5.95. The van der Waals surface area contributed by atoms with Gasteiger partial charge in [-0.15, -0.1) is 0 Å². The lowest BCUT2D eigenvalue weighted by atomic mass is 9.99. The van der Waals surface area contributed by atoms with Crippen LogP contribution in [-0.2, 0) is 17.5 Å². The van der Waals surface area contributed by atoms with Crippen LogP contribution in [0.5, 0.6) is 0 Å². The smallest absolute Gasteiger partial charge is 0.274 e. The van der Waals surface area contributed by atoms with Crippen molar-refractivity contribution < 1.29 is 22.8 Å². The fourth-order valence-electron chi connectivity index (χ4n) is 3.49. The van der Waals surface area contributed by atoms with Crippen LogP contribution in [0.15, 0.2) is 72.1 Å². The summed E-state index contributed by atoms with van der Waals surface area (Å²) in [6, 6.07) is 12.8. The number of urea groups is 1. The number of alkyl halides is 3. The quantitative estimate of drug-likeness (QED) is 0.493. The van der Waals surface area contributed by atoms with Crippen LogP contribution in [0, 0.1) is 0 Å².